The van der Waals surface area contributed by atoms with E-state index in [0.717, 1.165) is 26.3 Å². The number of para-hydroxylation sites is 1. The lowest BCUT2D eigenvalue weighted by atomic mass is 10.2. The third kappa shape index (κ3) is 3.82. The monoisotopic (exact) mass is 404 g/mol. The molecule has 3 rings (SSSR count). The van der Waals surface area contributed by atoms with Gasteiger partial charge in [0, 0.05) is 28.0 Å². The molecule has 6 heteroatoms. The Labute approximate surface area is 153 Å². The van der Waals surface area contributed by atoms with E-state index in [1.165, 1.54) is 0 Å². The summed E-state index contributed by atoms with van der Waals surface area (Å²) in [6, 6.07) is 13.5. The second-order valence-electron chi connectivity index (χ2n) is 5.56. The van der Waals surface area contributed by atoms with Crippen molar-refractivity contribution in [2.24, 2.45) is 0 Å². The molecule has 1 aliphatic rings. The number of halogens is 1. The molecule has 0 aromatic heterocycles. The van der Waals surface area contributed by atoms with E-state index in [9.17, 15) is 9.59 Å². The lowest BCUT2D eigenvalue weighted by Gasteiger charge is -2.28. The van der Waals surface area contributed by atoms with Crippen molar-refractivity contribution in [1.82, 2.24) is 0 Å². The van der Waals surface area contributed by atoms with Crippen molar-refractivity contribution in [1.29, 1.82) is 0 Å². The van der Waals surface area contributed by atoms with Crippen LogP contribution in [0, 0.1) is 6.92 Å². The van der Waals surface area contributed by atoms with Gasteiger partial charge in [0.2, 0.25) is 11.8 Å². The van der Waals surface area contributed by atoms with Gasteiger partial charge >= 0.3 is 0 Å². The van der Waals surface area contributed by atoms with Crippen molar-refractivity contribution < 1.29 is 9.59 Å². The number of rotatable bonds is 4. The van der Waals surface area contributed by atoms with Crippen LogP contribution < -0.4 is 10.2 Å². The van der Waals surface area contributed by atoms with Crippen molar-refractivity contribution in [3.05, 3.63) is 52.5 Å². The van der Waals surface area contributed by atoms with Crippen LogP contribution in [0.15, 0.2) is 51.8 Å². The van der Waals surface area contributed by atoms with Gasteiger partial charge in [-0.1, -0.05) is 28.1 Å². The van der Waals surface area contributed by atoms with Gasteiger partial charge in [-0.05, 0) is 42.8 Å². The number of carbonyl (C=O) groups is 2. The van der Waals surface area contributed by atoms with Gasteiger partial charge in [0.1, 0.15) is 0 Å². The highest BCUT2D eigenvalue weighted by Gasteiger charge is 2.24. The van der Waals surface area contributed by atoms with Crippen LogP contribution in [0.2, 0.25) is 0 Å². The van der Waals surface area contributed by atoms with Crippen LogP contribution in [0.1, 0.15) is 12.0 Å². The van der Waals surface area contributed by atoms with Crippen LogP contribution in [-0.2, 0) is 9.59 Å². The van der Waals surface area contributed by atoms with E-state index < -0.39 is 0 Å². The van der Waals surface area contributed by atoms with Crippen LogP contribution in [0.5, 0.6) is 0 Å². The lowest BCUT2D eigenvalue weighted by Crippen LogP contribution is -2.37. The first-order valence-electron chi connectivity index (χ1n) is 7.63. The molecule has 0 unspecified atom stereocenters. The molecule has 0 spiro atoms. The number of thioether (sulfide) groups is 1. The van der Waals surface area contributed by atoms with Crippen molar-refractivity contribution >= 4 is 50.9 Å². The average Bonchev–Trinajstić information content (AvgIpc) is 2.56. The van der Waals surface area contributed by atoms with Crippen molar-refractivity contribution in [2.45, 2.75) is 18.2 Å². The van der Waals surface area contributed by atoms with Crippen molar-refractivity contribution in [2.75, 3.05) is 22.5 Å². The van der Waals surface area contributed by atoms with Gasteiger partial charge in [0.25, 0.3) is 0 Å². The van der Waals surface area contributed by atoms with E-state index in [4.69, 9.17) is 0 Å². The maximum Gasteiger partial charge on any atom is 0.237 e. The maximum absolute atomic E-state index is 12.2. The summed E-state index contributed by atoms with van der Waals surface area (Å²) in [5.41, 5.74) is 2.68. The van der Waals surface area contributed by atoms with Crippen molar-refractivity contribution in [3.63, 3.8) is 0 Å². The topological polar surface area (TPSA) is 49.4 Å². The Morgan fingerprint density at radius 2 is 2.08 bits per heavy atom. The first-order chi connectivity index (χ1) is 11.5. The summed E-state index contributed by atoms with van der Waals surface area (Å²) >= 11 is 4.95. The van der Waals surface area contributed by atoms with E-state index in [-0.39, 0.29) is 18.2 Å². The summed E-state index contributed by atoms with van der Waals surface area (Å²) in [6.45, 7) is 2.33. The quantitative estimate of drug-likeness (QED) is 0.829. The Bertz CT molecular complexity index is 794. The van der Waals surface area contributed by atoms with E-state index in [1.54, 1.807) is 16.7 Å². The zero-order chi connectivity index (χ0) is 17.1. The third-order valence-corrected chi connectivity index (χ3v) is 5.37. The molecular weight excluding hydrogens is 388 g/mol. The maximum atomic E-state index is 12.2. The summed E-state index contributed by atoms with van der Waals surface area (Å²) in [5, 5.41) is 2.91. The zero-order valence-corrected chi connectivity index (χ0v) is 15.6. The molecule has 0 aliphatic carbocycles. The number of nitrogens with zero attached hydrogens (tertiary/aromatic N) is 1. The molecule has 1 heterocycles. The van der Waals surface area contributed by atoms with E-state index in [2.05, 4.69) is 21.2 Å². The van der Waals surface area contributed by atoms with Crippen LogP contribution in [-0.4, -0.2) is 24.1 Å². The van der Waals surface area contributed by atoms with Crippen LogP contribution in [0.3, 0.4) is 0 Å². The minimum atomic E-state index is -0.0936. The second-order valence-corrected chi connectivity index (χ2v) is 7.49. The summed E-state index contributed by atoms with van der Waals surface area (Å²) in [6.07, 6.45) is 0.264. The number of hydrogen-bond acceptors (Lipinski definition) is 3. The molecule has 0 saturated heterocycles. The molecule has 0 atom stereocenters. The standard InChI is InChI=1S/C18H17BrN2O2S/c1-12-10-13(19)6-7-14(12)20-17(22)8-9-21-15-4-2-3-5-16(15)24-11-18(21)23/h2-7,10H,8-9,11H2,1H3,(H,20,22). The number of carbonyl (C=O) groups excluding carboxylic acids is 2. The number of fused-ring (bicyclic) bond motifs is 1. The van der Waals surface area contributed by atoms with Gasteiger partial charge in [-0.15, -0.1) is 11.8 Å². The number of nitrogens with one attached hydrogen (secondary N) is 1. The summed E-state index contributed by atoms with van der Waals surface area (Å²) in [5.74, 6) is 0.375. The number of hydrogen-bond donors (Lipinski definition) is 1. The zero-order valence-electron chi connectivity index (χ0n) is 13.2. The molecule has 1 aliphatic heterocycles. The van der Waals surface area contributed by atoms with E-state index >= 15 is 0 Å². The highest BCUT2D eigenvalue weighted by atomic mass is 79.9. The Morgan fingerprint density at radius 3 is 2.88 bits per heavy atom. The van der Waals surface area contributed by atoms with Gasteiger partial charge in [0.15, 0.2) is 0 Å². The summed E-state index contributed by atoms with van der Waals surface area (Å²) in [4.78, 5) is 27.2. The summed E-state index contributed by atoms with van der Waals surface area (Å²) in [7, 11) is 0. The van der Waals surface area contributed by atoms with Crippen molar-refractivity contribution in [3.8, 4) is 0 Å². The average molecular weight is 405 g/mol. The number of aryl methyl sites for hydroxylation is 1. The third-order valence-electron chi connectivity index (χ3n) is 3.83. The molecule has 0 fully saturated rings. The molecular formula is C18H17BrN2O2S. The van der Waals surface area contributed by atoms with Gasteiger partial charge < -0.3 is 10.2 Å². The van der Waals surface area contributed by atoms with Gasteiger partial charge in [-0.2, -0.15) is 0 Å². The Morgan fingerprint density at radius 1 is 1.29 bits per heavy atom. The predicted molar refractivity (Wildman–Crippen MR) is 102 cm³/mol. The number of amides is 2. The van der Waals surface area contributed by atoms with Crippen LogP contribution >= 0.6 is 27.7 Å². The lowest BCUT2D eigenvalue weighted by molar-refractivity contribution is -0.117. The Hall–Kier alpha value is -1.79. The van der Waals surface area contributed by atoms with Crippen LogP contribution in [0.25, 0.3) is 0 Å². The van der Waals surface area contributed by atoms with E-state index in [0.29, 0.717) is 12.3 Å². The van der Waals surface area contributed by atoms with Crippen LogP contribution in [0.4, 0.5) is 11.4 Å². The van der Waals surface area contributed by atoms with Gasteiger partial charge in [0.05, 0.1) is 11.4 Å². The molecule has 4 nitrogen and oxygen atoms in total. The molecule has 2 aromatic carbocycles. The minimum absolute atomic E-state index is 0.0475. The fourth-order valence-corrected chi connectivity index (χ4v) is 4.00. The second kappa shape index (κ2) is 7.40. The Kier molecular flexibility index (Phi) is 5.26. The smallest absolute Gasteiger partial charge is 0.237 e. The fourth-order valence-electron chi connectivity index (χ4n) is 2.59. The van der Waals surface area contributed by atoms with Gasteiger partial charge in [-0.3, -0.25) is 9.59 Å². The predicted octanol–water partition coefficient (Wildman–Crippen LogP) is 4.23. The molecule has 0 bridgehead atoms. The first-order valence-corrected chi connectivity index (χ1v) is 9.40. The first kappa shape index (κ1) is 17.0. The minimum Gasteiger partial charge on any atom is -0.326 e. The highest BCUT2D eigenvalue weighted by Crippen LogP contribution is 2.34. The Balaban J connectivity index is 1.65. The molecule has 2 amide bonds. The highest BCUT2D eigenvalue weighted by molar-refractivity contribution is 9.10. The largest absolute Gasteiger partial charge is 0.326 e. The molecule has 1 N–H and O–H groups in total. The molecule has 0 saturated carbocycles. The van der Waals surface area contributed by atoms with E-state index in [1.807, 2.05) is 49.4 Å². The SMILES string of the molecule is Cc1cc(Br)ccc1NC(=O)CCN1C(=O)CSc2ccccc21. The normalized spacial score (nSPS) is 13.6. The molecule has 2 aromatic rings. The summed E-state index contributed by atoms with van der Waals surface area (Å²) < 4.78 is 0.978. The van der Waals surface area contributed by atoms with Gasteiger partial charge in [-0.25, -0.2) is 0 Å². The molecule has 124 valence electrons. The molecule has 0 radical (unpaired) electrons. The number of anilines is 2. The molecule has 24 heavy (non-hydrogen) atoms. The number of benzene rings is 2. The fraction of sp³-hybridized carbons (Fsp3) is 0.222.